The molecule has 0 aliphatic heterocycles. The highest BCUT2D eigenvalue weighted by molar-refractivity contribution is 6.76. The van der Waals surface area contributed by atoms with E-state index < -0.39 is 8.24 Å². The molecule has 216 valence electrons. The molecular formula is C38H55NSi. The van der Waals surface area contributed by atoms with Gasteiger partial charge in [-0.1, -0.05) is 108 Å². The quantitative estimate of drug-likeness (QED) is 0.342. The Morgan fingerprint density at radius 2 is 1.38 bits per heavy atom. The van der Waals surface area contributed by atoms with Crippen molar-refractivity contribution >= 4 is 13.8 Å². The Morgan fingerprint density at radius 1 is 0.775 bits per heavy atom. The van der Waals surface area contributed by atoms with E-state index in [9.17, 15) is 0 Å². The maximum Gasteiger partial charge on any atom is 0.127 e. The predicted octanol–water partition coefficient (Wildman–Crippen LogP) is 10.5. The first-order chi connectivity index (χ1) is 18.3. The van der Waals surface area contributed by atoms with Crippen molar-refractivity contribution in [2.75, 3.05) is 0 Å². The number of rotatable bonds is 3. The molecule has 0 radical (unpaired) electrons. The molecule has 3 aliphatic rings. The predicted molar refractivity (Wildman–Crippen MR) is 178 cm³/mol. The van der Waals surface area contributed by atoms with Gasteiger partial charge < -0.3 is 4.57 Å². The number of allylic oxidation sites excluding steroid dienone is 4. The molecular weight excluding hydrogens is 499 g/mol. The van der Waals surface area contributed by atoms with E-state index in [1.54, 1.807) is 5.57 Å². The first-order valence-electron chi connectivity index (χ1n) is 15.7. The van der Waals surface area contributed by atoms with Crippen LogP contribution in [0.4, 0.5) is 0 Å². The summed E-state index contributed by atoms with van der Waals surface area (Å²) in [6.45, 7) is 31.9. The van der Waals surface area contributed by atoms with Crippen LogP contribution in [0.2, 0.25) is 18.6 Å². The third-order valence-electron chi connectivity index (χ3n) is 10.5. The number of fused-ring (bicyclic) bond motifs is 4. The smallest absolute Gasteiger partial charge is 0.127 e. The molecule has 2 aromatic rings. The zero-order valence-electron chi connectivity index (χ0n) is 27.7. The molecule has 0 bridgehead atoms. The lowest BCUT2D eigenvalue weighted by molar-refractivity contribution is 0.122. The monoisotopic (exact) mass is 553 g/mol. The van der Waals surface area contributed by atoms with Gasteiger partial charge in [0.25, 0.3) is 0 Å². The molecule has 0 N–H and O–H groups in total. The van der Waals surface area contributed by atoms with Crippen LogP contribution in [-0.2, 0) is 10.8 Å². The van der Waals surface area contributed by atoms with Crippen molar-refractivity contribution in [1.82, 2.24) is 4.57 Å². The third-order valence-corrected chi connectivity index (χ3v) is 15.4. The van der Waals surface area contributed by atoms with Crippen LogP contribution in [0.5, 0.6) is 0 Å². The molecule has 2 heteroatoms. The number of hydrogen-bond acceptors (Lipinski definition) is 1. The minimum atomic E-state index is -1.90. The highest BCUT2D eigenvalue weighted by atomic mass is 28.3. The molecule has 1 nitrogen and oxygen atoms in total. The van der Waals surface area contributed by atoms with Gasteiger partial charge in [-0.3, -0.25) is 0 Å². The van der Waals surface area contributed by atoms with Crippen molar-refractivity contribution in [3.63, 3.8) is 0 Å². The zero-order valence-corrected chi connectivity index (χ0v) is 28.7. The topological polar surface area (TPSA) is 3.24 Å². The van der Waals surface area contributed by atoms with Crippen molar-refractivity contribution in [2.45, 2.75) is 129 Å². The Labute approximate surface area is 247 Å². The zero-order chi connectivity index (χ0) is 29.6. The molecule has 0 heterocycles. The summed E-state index contributed by atoms with van der Waals surface area (Å²) in [5.74, 6) is 1.69. The lowest BCUT2D eigenvalue weighted by Crippen LogP contribution is -2.67. The van der Waals surface area contributed by atoms with Gasteiger partial charge in [-0.25, -0.2) is 0 Å². The fourth-order valence-corrected chi connectivity index (χ4v) is 15.4. The summed E-state index contributed by atoms with van der Waals surface area (Å²) in [6.07, 6.45) is 6.82. The van der Waals surface area contributed by atoms with Crippen molar-refractivity contribution in [2.24, 2.45) is 11.8 Å². The second kappa shape index (κ2) is 9.30. The minimum Gasteiger partial charge on any atom is -0.314 e. The molecule has 3 aliphatic carbocycles. The van der Waals surface area contributed by atoms with Crippen LogP contribution in [-0.4, -0.2) is 23.9 Å². The largest absolute Gasteiger partial charge is 0.314 e. The van der Waals surface area contributed by atoms with Crippen LogP contribution in [0.3, 0.4) is 0 Å². The summed E-state index contributed by atoms with van der Waals surface area (Å²) >= 11 is 0. The summed E-state index contributed by atoms with van der Waals surface area (Å²) in [5, 5.41) is 0. The molecule has 0 spiro atoms. The van der Waals surface area contributed by atoms with E-state index in [-0.39, 0.29) is 21.9 Å². The van der Waals surface area contributed by atoms with Crippen LogP contribution < -0.4 is 0 Å². The van der Waals surface area contributed by atoms with E-state index in [0.29, 0.717) is 23.3 Å². The number of benzene rings is 2. The molecule has 4 atom stereocenters. The molecule has 2 aromatic carbocycles. The van der Waals surface area contributed by atoms with Gasteiger partial charge in [0.15, 0.2) is 0 Å². The summed E-state index contributed by atoms with van der Waals surface area (Å²) in [7, 11) is -1.90. The van der Waals surface area contributed by atoms with Gasteiger partial charge in [-0.2, -0.15) is 0 Å². The lowest BCUT2D eigenvalue weighted by Gasteiger charge is -2.57. The van der Waals surface area contributed by atoms with Gasteiger partial charge in [-0.05, 0) is 110 Å². The average molecular weight is 554 g/mol. The Kier molecular flexibility index (Phi) is 6.88. The Hall–Kier alpha value is -1.90. The summed E-state index contributed by atoms with van der Waals surface area (Å²) in [4.78, 5) is 0. The third kappa shape index (κ3) is 4.72. The van der Waals surface area contributed by atoms with Crippen LogP contribution in [0.1, 0.15) is 111 Å². The normalized spacial score (nSPS) is 26.2. The Morgan fingerprint density at radius 3 is 1.93 bits per heavy atom. The van der Waals surface area contributed by atoms with Crippen molar-refractivity contribution in [3.05, 3.63) is 88.5 Å². The van der Waals surface area contributed by atoms with E-state index in [2.05, 4.69) is 155 Å². The van der Waals surface area contributed by atoms with E-state index in [0.717, 1.165) is 0 Å². The first-order valence-corrected chi connectivity index (χ1v) is 18.7. The molecule has 1 fully saturated rings. The Bertz CT molecular complexity index is 1320. The van der Waals surface area contributed by atoms with E-state index in [4.69, 9.17) is 0 Å². The van der Waals surface area contributed by atoms with Gasteiger partial charge in [0, 0.05) is 16.5 Å². The summed E-state index contributed by atoms with van der Waals surface area (Å²) < 4.78 is 2.96. The van der Waals surface area contributed by atoms with Crippen LogP contribution in [0.15, 0.2) is 66.3 Å². The standard InChI is InChI=1S/C38H55NSi/c1-35(2,3)26-19-20-27-30-22-31-29(23-33(30)38(10,11)32(27)21-26)28(25-17-15-14-16-18-25)24-34(31)40(12,13)39(36(4,5)6)37(7,8)9/h14-23,28-29,31,34H,24H2,1-13H3. The Balaban J connectivity index is 1.68. The van der Waals surface area contributed by atoms with E-state index in [1.807, 2.05) is 0 Å². The van der Waals surface area contributed by atoms with Crippen LogP contribution in [0, 0.1) is 11.8 Å². The van der Waals surface area contributed by atoms with Gasteiger partial charge in [0.1, 0.15) is 8.24 Å². The highest BCUT2D eigenvalue weighted by Crippen LogP contribution is 2.63. The molecule has 4 unspecified atom stereocenters. The van der Waals surface area contributed by atoms with Gasteiger partial charge in [-0.15, -0.1) is 0 Å². The summed E-state index contributed by atoms with van der Waals surface area (Å²) in [6, 6.07) is 18.8. The number of hydrogen-bond donors (Lipinski definition) is 0. The van der Waals surface area contributed by atoms with Crippen LogP contribution in [0.25, 0.3) is 5.57 Å². The number of nitrogens with zero attached hydrogens (tertiary/aromatic N) is 1. The molecule has 0 aromatic heterocycles. The minimum absolute atomic E-state index is 0.0303. The van der Waals surface area contributed by atoms with Crippen molar-refractivity contribution < 1.29 is 0 Å². The molecule has 0 saturated heterocycles. The average Bonchev–Trinajstić information content (AvgIpc) is 3.29. The molecule has 40 heavy (non-hydrogen) atoms. The fourth-order valence-electron chi connectivity index (χ4n) is 9.55. The van der Waals surface area contributed by atoms with Gasteiger partial charge in [0.2, 0.25) is 0 Å². The fraction of sp³-hybridized carbons (Fsp3) is 0.579. The second-order valence-electron chi connectivity index (χ2n) is 17.1. The lowest BCUT2D eigenvalue weighted by atomic mass is 9.73. The second-order valence-corrected chi connectivity index (χ2v) is 21.6. The van der Waals surface area contributed by atoms with Crippen LogP contribution >= 0.6 is 0 Å². The van der Waals surface area contributed by atoms with Gasteiger partial charge >= 0.3 is 0 Å². The molecule has 5 rings (SSSR count). The SMILES string of the molecule is CC(C)(C)c1ccc2c(c1)C(C)(C)C1=CC3C(c4ccccc4)CC([Si](C)(C)N(C(C)(C)C)C(C)(C)C)C3C=C12. The molecule has 1 saturated carbocycles. The van der Waals surface area contributed by atoms with Crippen molar-refractivity contribution in [1.29, 1.82) is 0 Å². The van der Waals surface area contributed by atoms with E-state index >= 15 is 0 Å². The van der Waals surface area contributed by atoms with Gasteiger partial charge in [0.05, 0.1) is 0 Å². The maximum atomic E-state index is 2.96. The maximum absolute atomic E-state index is 2.96. The first kappa shape index (κ1) is 29.6. The summed E-state index contributed by atoms with van der Waals surface area (Å²) in [5.41, 5.74) is 10.2. The highest BCUT2D eigenvalue weighted by Gasteiger charge is 2.56. The van der Waals surface area contributed by atoms with Crippen molar-refractivity contribution in [3.8, 4) is 0 Å². The van der Waals surface area contributed by atoms with E-state index in [1.165, 1.54) is 34.2 Å². The molecule has 0 amide bonds.